The molecule has 0 amide bonds. The fraction of sp³-hybridized carbons (Fsp3) is 0.700. The van der Waals surface area contributed by atoms with Crippen LogP contribution in [0.2, 0.25) is 0 Å². The third kappa shape index (κ3) is 3.66. The minimum Gasteiger partial charge on any atom is -0.356 e. The largest absolute Gasteiger partial charge is 0.356 e. The predicted molar refractivity (Wildman–Crippen MR) is 103 cm³/mol. The highest BCUT2D eigenvalue weighted by Gasteiger charge is 2.26. The molecule has 0 spiro atoms. The number of fused-ring (bicyclic) bond motifs is 1. The lowest BCUT2D eigenvalue weighted by molar-refractivity contribution is 0.362. The van der Waals surface area contributed by atoms with Gasteiger partial charge in [0.2, 0.25) is 0 Å². The first-order valence-corrected chi connectivity index (χ1v) is 10.9. The van der Waals surface area contributed by atoms with E-state index < -0.39 is 0 Å². The highest BCUT2D eigenvalue weighted by Crippen LogP contribution is 2.37. The second kappa shape index (κ2) is 7.97. The van der Waals surface area contributed by atoms with Crippen LogP contribution < -0.4 is 4.90 Å². The van der Waals surface area contributed by atoms with Crippen LogP contribution in [0.1, 0.15) is 55.2 Å². The molecule has 25 heavy (non-hydrogen) atoms. The van der Waals surface area contributed by atoms with E-state index in [1.54, 1.807) is 11.8 Å². The van der Waals surface area contributed by atoms with Gasteiger partial charge in [0.25, 0.3) is 0 Å². The lowest BCUT2D eigenvalue weighted by Crippen LogP contribution is -2.24. The molecule has 1 aromatic rings. The molecule has 0 saturated carbocycles. The van der Waals surface area contributed by atoms with Crippen molar-refractivity contribution in [3.63, 3.8) is 0 Å². The average molecular weight is 357 g/mol. The Hall–Kier alpha value is -1.25. The number of anilines is 1. The summed E-state index contributed by atoms with van der Waals surface area (Å²) in [5.74, 6) is 2.25. The van der Waals surface area contributed by atoms with Crippen molar-refractivity contribution >= 4 is 17.6 Å². The quantitative estimate of drug-likeness (QED) is 0.754. The Morgan fingerprint density at radius 1 is 0.920 bits per heavy atom. The van der Waals surface area contributed by atoms with E-state index in [2.05, 4.69) is 15.9 Å². The summed E-state index contributed by atoms with van der Waals surface area (Å²) in [6.45, 7) is 5.85. The van der Waals surface area contributed by atoms with Crippen LogP contribution in [0.4, 0.5) is 5.82 Å². The summed E-state index contributed by atoms with van der Waals surface area (Å²) in [4.78, 5) is 10.1. The second-order valence-corrected chi connectivity index (χ2v) is 8.57. The maximum absolute atomic E-state index is 9.81. The standard InChI is InChI=1S/C20H28N4S/c21-15-18-16-7-1-2-8-17(16)19(24-11-5-6-12-24)22-20(18)25-14-13-23-9-3-4-10-23/h1-14H2. The lowest BCUT2D eigenvalue weighted by atomic mass is 9.89. The number of hydrogen-bond acceptors (Lipinski definition) is 5. The Labute approximate surface area is 155 Å². The SMILES string of the molecule is N#Cc1c(SCCN2CCCC2)nc(N2CCCC2)c2c1CCCC2. The van der Waals surface area contributed by atoms with Crippen LogP contribution in [0, 0.1) is 11.3 Å². The smallest absolute Gasteiger partial charge is 0.133 e. The number of hydrogen-bond donors (Lipinski definition) is 0. The summed E-state index contributed by atoms with van der Waals surface area (Å²) in [5, 5.41) is 10.8. The van der Waals surface area contributed by atoms with E-state index in [-0.39, 0.29) is 0 Å². The van der Waals surface area contributed by atoms with Crippen LogP contribution in [0.15, 0.2) is 5.03 Å². The van der Waals surface area contributed by atoms with Gasteiger partial charge in [0.1, 0.15) is 16.9 Å². The number of nitriles is 1. The summed E-state index contributed by atoms with van der Waals surface area (Å²) in [5.41, 5.74) is 3.58. The molecule has 0 atom stereocenters. The van der Waals surface area contributed by atoms with Crippen LogP contribution in [-0.2, 0) is 12.8 Å². The van der Waals surface area contributed by atoms with E-state index in [1.165, 1.54) is 68.6 Å². The zero-order valence-electron chi connectivity index (χ0n) is 15.1. The van der Waals surface area contributed by atoms with Crippen molar-refractivity contribution in [2.45, 2.75) is 56.4 Å². The number of pyridine rings is 1. The van der Waals surface area contributed by atoms with E-state index in [0.29, 0.717) is 0 Å². The summed E-state index contributed by atoms with van der Waals surface area (Å²) in [6, 6.07) is 2.50. The fourth-order valence-corrected chi connectivity index (χ4v) is 5.47. The van der Waals surface area contributed by atoms with E-state index in [9.17, 15) is 5.26 Å². The van der Waals surface area contributed by atoms with E-state index >= 15 is 0 Å². The molecule has 2 saturated heterocycles. The number of likely N-dealkylation sites (tertiary alicyclic amines) is 1. The molecule has 5 heteroatoms. The molecule has 3 heterocycles. The van der Waals surface area contributed by atoms with Crippen molar-refractivity contribution in [3.8, 4) is 6.07 Å². The molecule has 4 rings (SSSR count). The van der Waals surface area contributed by atoms with E-state index in [0.717, 1.165) is 48.8 Å². The van der Waals surface area contributed by atoms with Gasteiger partial charge in [-0.1, -0.05) is 0 Å². The monoisotopic (exact) mass is 356 g/mol. The van der Waals surface area contributed by atoms with Gasteiger partial charge < -0.3 is 9.80 Å². The Morgan fingerprint density at radius 3 is 2.32 bits per heavy atom. The molecule has 1 aromatic heterocycles. The zero-order valence-corrected chi connectivity index (χ0v) is 15.9. The first-order chi connectivity index (χ1) is 12.4. The molecule has 134 valence electrons. The summed E-state index contributed by atoms with van der Waals surface area (Å²) >= 11 is 1.80. The highest BCUT2D eigenvalue weighted by atomic mass is 32.2. The van der Waals surface area contributed by atoms with Crippen LogP contribution >= 0.6 is 11.8 Å². The predicted octanol–water partition coefficient (Wildman–Crippen LogP) is 3.62. The van der Waals surface area contributed by atoms with Gasteiger partial charge in [0.15, 0.2) is 0 Å². The molecule has 0 aromatic carbocycles. The molecular weight excluding hydrogens is 328 g/mol. The van der Waals surface area contributed by atoms with Gasteiger partial charge in [-0.15, -0.1) is 11.8 Å². The maximum Gasteiger partial charge on any atom is 0.133 e. The van der Waals surface area contributed by atoms with Crippen molar-refractivity contribution in [3.05, 3.63) is 16.7 Å². The number of rotatable bonds is 5. The number of thioether (sulfide) groups is 1. The Kier molecular flexibility index (Phi) is 5.48. The molecule has 0 bridgehead atoms. The van der Waals surface area contributed by atoms with Crippen LogP contribution in [0.5, 0.6) is 0 Å². The van der Waals surface area contributed by atoms with Gasteiger partial charge in [-0.3, -0.25) is 0 Å². The molecule has 1 aliphatic carbocycles. The topological polar surface area (TPSA) is 43.2 Å². The van der Waals surface area contributed by atoms with Crippen molar-refractivity contribution in [1.29, 1.82) is 5.26 Å². The van der Waals surface area contributed by atoms with Gasteiger partial charge in [0.05, 0.1) is 5.56 Å². The normalized spacial score (nSPS) is 20.7. The first kappa shape index (κ1) is 17.2. The summed E-state index contributed by atoms with van der Waals surface area (Å²) in [7, 11) is 0. The van der Waals surface area contributed by atoms with E-state index in [1.807, 2.05) is 0 Å². The fourth-order valence-electron chi connectivity index (χ4n) is 4.46. The first-order valence-electron chi connectivity index (χ1n) is 9.93. The molecule has 3 aliphatic rings. The van der Waals surface area contributed by atoms with Gasteiger partial charge in [-0.25, -0.2) is 4.98 Å². The third-order valence-corrected chi connectivity index (χ3v) is 6.78. The maximum atomic E-state index is 9.81. The summed E-state index contributed by atoms with van der Waals surface area (Å²) < 4.78 is 0. The van der Waals surface area contributed by atoms with Crippen molar-refractivity contribution < 1.29 is 0 Å². The molecule has 0 unspecified atom stereocenters. The highest BCUT2D eigenvalue weighted by molar-refractivity contribution is 7.99. The molecule has 2 fully saturated rings. The molecule has 0 N–H and O–H groups in total. The molecule has 4 nitrogen and oxygen atoms in total. The number of aromatic nitrogens is 1. The number of nitrogens with zero attached hydrogens (tertiary/aromatic N) is 4. The van der Waals surface area contributed by atoms with Crippen LogP contribution in [-0.4, -0.2) is 48.4 Å². The minimum atomic E-state index is 0.879. The minimum absolute atomic E-state index is 0.879. The van der Waals surface area contributed by atoms with Crippen molar-refractivity contribution in [2.24, 2.45) is 0 Å². The van der Waals surface area contributed by atoms with Gasteiger partial charge in [-0.05, 0) is 75.6 Å². The van der Waals surface area contributed by atoms with Gasteiger partial charge >= 0.3 is 0 Å². The lowest BCUT2D eigenvalue weighted by Gasteiger charge is -2.27. The van der Waals surface area contributed by atoms with Crippen molar-refractivity contribution in [2.75, 3.05) is 43.4 Å². The van der Waals surface area contributed by atoms with Crippen LogP contribution in [0.3, 0.4) is 0 Å². The summed E-state index contributed by atoms with van der Waals surface area (Å²) in [6.07, 6.45) is 9.82. The third-order valence-electron chi connectivity index (χ3n) is 5.82. The molecular formula is C20H28N4S. The van der Waals surface area contributed by atoms with Gasteiger partial charge in [0, 0.05) is 25.4 Å². The van der Waals surface area contributed by atoms with Crippen molar-refractivity contribution in [1.82, 2.24) is 9.88 Å². The Bertz CT molecular complexity index is 655. The van der Waals surface area contributed by atoms with Gasteiger partial charge in [-0.2, -0.15) is 5.26 Å². The Balaban J connectivity index is 1.60. The molecule has 2 aliphatic heterocycles. The van der Waals surface area contributed by atoms with Crippen LogP contribution in [0.25, 0.3) is 0 Å². The zero-order chi connectivity index (χ0) is 17.1. The average Bonchev–Trinajstić information content (AvgIpc) is 3.35. The second-order valence-electron chi connectivity index (χ2n) is 7.48. The molecule has 0 radical (unpaired) electrons. The Morgan fingerprint density at radius 2 is 1.60 bits per heavy atom. The van der Waals surface area contributed by atoms with E-state index in [4.69, 9.17) is 4.98 Å².